The van der Waals surface area contributed by atoms with Gasteiger partial charge < -0.3 is 21.1 Å². The lowest BCUT2D eigenvalue weighted by molar-refractivity contribution is -0.118. The Morgan fingerprint density at radius 2 is 2.07 bits per heavy atom. The third-order valence-electron chi connectivity index (χ3n) is 4.67. The Kier molecular flexibility index (Phi) is 7.82. The van der Waals surface area contributed by atoms with Gasteiger partial charge in [0.25, 0.3) is 5.91 Å². The van der Waals surface area contributed by atoms with Gasteiger partial charge in [0.15, 0.2) is 6.23 Å². The summed E-state index contributed by atoms with van der Waals surface area (Å²) in [6.45, 7) is 1.02. The number of rotatable bonds is 7. The van der Waals surface area contributed by atoms with Crippen molar-refractivity contribution < 1.29 is 18.7 Å². The van der Waals surface area contributed by atoms with Gasteiger partial charge in [-0.1, -0.05) is 29.8 Å². The second-order valence-corrected chi connectivity index (χ2v) is 8.17. The molecule has 0 aromatic heterocycles. The van der Waals surface area contributed by atoms with E-state index in [4.69, 9.17) is 11.6 Å². The minimum atomic E-state index is -1.47. The van der Waals surface area contributed by atoms with E-state index in [1.54, 1.807) is 24.3 Å². The fraction of sp³-hybridized carbons (Fsp3) is 0.286. The molecule has 1 aliphatic rings. The Morgan fingerprint density at radius 3 is 2.70 bits per heavy atom. The number of carbonyl (C=O) groups excluding carboxylic acids is 1. The number of halogens is 4. The first kappa shape index (κ1) is 22.7. The van der Waals surface area contributed by atoms with Gasteiger partial charge in [0, 0.05) is 23.3 Å². The molecule has 160 valence electrons. The molecule has 0 bridgehead atoms. The van der Waals surface area contributed by atoms with Crippen molar-refractivity contribution in [1.82, 2.24) is 10.6 Å². The molecule has 0 radical (unpaired) electrons. The van der Waals surface area contributed by atoms with Crippen LogP contribution in [-0.2, 0) is 11.3 Å². The van der Waals surface area contributed by atoms with E-state index in [-0.39, 0.29) is 28.3 Å². The lowest BCUT2D eigenvalue weighted by Gasteiger charge is -2.19. The van der Waals surface area contributed by atoms with E-state index in [0.29, 0.717) is 5.02 Å². The molecule has 2 atom stereocenters. The highest BCUT2D eigenvalue weighted by molar-refractivity contribution is 9.10. The van der Waals surface area contributed by atoms with Crippen LogP contribution in [0.2, 0.25) is 5.02 Å². The number of anilines is 1. The molecule has 1 aliphatic heterocycles. The van der Waals surface area contributed by atoms with Crippen molar-refractivity contribution in [2.45, 2.75) is 31.7 Å². The van der Waals surface area contributed by atoms with E-state index >= 15 is 0 Å². The number of aliphatic hydroxyl groups is 1. The minimum Gasteiger partial charge on any atom is -0.369 e. The Bertz CT molecular complexity index is 929. The van der Waals surface area contributed by atoms with Gasteiger partial charge in [-0.05, 0) is 65.1 Å². The molecule has 2 aromatic rings. The SMILES string of the molecule is O=C(NCc1cccc(Cl)c1)/C(=C\C1CCCN1)C(O)Nc1cc(F)c(Br)c(F)c1. The number of carbonyl (C=O) groups is 1. The third kappa shape index (κ3) is 6.01. The van der Waals surface area contributed by atoms with Gasteiger partial charge in [0.1, 0.15) is 11.6 Å². The smallest absolute Gasteiger partial charge is 0.251 e. The Hall–Kier alpha value is -2.00. The number of hydrogen-bond donors (Lipinski definition) is 4. The Labute approximate surface area is 186 Å². The molecule has 2 aromatic carbocycles. The molecule has 2 unspecified atom stereocenters. The molecule has 4 N–H and O–H groups in total. The van der Waals surface area contributed by atoms with Gasteiger partial charge in [-0.25, -0.2) is 8.78 Å². The molecule has 3 rings (SSSR count). The van der Waals surface area contributed by atoms with Crippen molar-refractivity contribution in [2.24, 2.45) is 0 Å². The van der Waals surface area contributed by atoms with Crippen molar-refractivity contribution in [3.8, 4) is 0 Å². The highest BCUT2D eigenvalue weighted by Gasteiger charge is 2.23. The van der Waals surface area contributed by atoms with Gasteiger partial charge in [-0.15, -0.1) is 0 Å². The molecule has 0 saturated carbocycles. The highest BCUT2D eigenvalue weighted by atomic mass is 79.9. The van der Waals surface area contributed by atoms with Crippen molar-refractivity contribution in [3.05, 3.63) is 74.7 Å². The maximum absolute atomic E-state index is 13.8. The quantitative estimate of drug-likeness (QED) is 0.262. The van der Waals surface area contributed by atoms with Crippen LogP contribution in [0.4, 0.5) is 14.5 Å². The van der Waals surface area contributed by atoms with Crippen molar-refractivity contribution in [2.75, 3.05) is 11.9 Å². The van der Waals surface area contributed by atoms with Crippen molar-refractivity contribution in [1.29, 1.82) is 0 Å². The normalized spacial score (nSPS) is 17.6. The maximum Gasteiger partial charge on any atom is 0.251 e. The molecule has 30 heavy (non-hydrogen) atoms. The fourth-order valence-electron chi connectivity index (χ4n) is 3.17. The molecule has 1 heterocycles. The third-order valence-corrected chi connectivity index (χ3v) is 5.66. The summed E-state index contributed by atoms with van der Waals surface area (Å²) in [6, 6.07) is 9.04. The molecular formula is C21H21BrClF2N3O2. The van der Waals surface area contributed by atoms with E-state index in [1.807, 2.05) is 6.07 Å². The summed E-state index contributed by atoms with van der Waals surface area (Å²) in [6.07, 6.45) is 1.94. The van der Waals surface area contributed by atoms with Gasteiger partial charge in [0.2, 0.25) is 0 Å². The lowest BCUT2D eigenvalue weighted by Crippen LogP contribution is -2.35. The number of aliphatic hydroxyl groups excluding tert-OH is 1. The molecular weight excluding hydrogens is 480 g/mol. The van der Waals surface area contributed by atoms with Crippen LogP contribution < -0.4 is 16.0 Å². The van der Waals surface area contributed by atoms with Crippen LogP contribution in [0.1, 0.15) is 18.4 Å². The topological polar surface area (TPSA) is 73.4 Å². The predicted octanol–water partition coefficient (Wildman–Crippen LogP) is 4.11. The first-order chi connectivity index (χ1) is 14.3. The van der Waals surface area contributed by atoms with Crippen LogP contribution in [0.25, 0.3) is 0 Å². The van der Waals surface area contributed by atoms with Gasteiger partial charge >= 0.3 is 0 Å². The van der Waals surface area contributed by atoms with Crippen LogP contribution in [-0.4, -0.2) is 29.8 Å². The molecule has 5 nitrogen and oxygen atoms in total. The first-order valence-corrected chi connectivity index (χ1v) is 10.6. The molecule has 9 heteroatoms. The second-order valence-electron chi connectivity index (χ2n) is 6.94. The number of amides is 1. The van der Waals surface area contributed by atoms with Crippen LogP contribution in [0.3, 0.4) is 0 Å². The number of benzene rings is 2. The zero-order valence-electron chi connectivity index (χ0n) is 15.9. The van der Waals surface area contributed by atoms with E-state index in [2.05, 4.69) is 31.9 Å². The van der Waals surface area contributed by atoms with E-state index < -0.39 is 23.8 Å². The molecule has 0 aliphatic carbocycles. The summed E-state index contributed by atoms with van der Waals surface area (Å²) in [7, 11) is 0. The monoisotopic (exact) mass is 499 g/mol. The highest BCUT2D eigenvalue weighted by Crippen LogP contribution is 2.25. The number of nitrogens with one attached hydrogen (secondary N) is 3. The summed E-state index contributed by atoms with van der Waals surface area (Å²) in [4.78, 5) is 12.8. The zero-order valence-corrected chi connectivity index (χ0v) is 18.2. The van der Waals surface area contributed by atoms with Crippen molar-refractivity contribution in [3.63, 3.8) is 0 Å². The number of hydrogen-bond acceptors (Lipinski definition) is 4. The van der Waals surface area contributed by atoms with Crippen LogP contribution in [0.5, 0.6) is 0 Å². The average molecular weight is 501 g/mol. The van der Waals surface area contributed by atoms with Gasteiger partial charge in [-0.3, -0.25) is 4.79 Å². The van der Waals surface area contributed by atoms with Crippen molar-refractivity contribution >= 4 is 39.1 Å². The standard InChI is InChI=1S/C21H21BrClF2N3O2/c22-19-17(24)9-15(10-18(19)25)28-21(30)16(8-14-5-2-6-26-14)20(29)27-11-12-3-1-4-13(23)7-12/h1,3-4,7-10,14,21,26,28,30H,2,5-6,11H2,(H,27,29)/b16-8+. The molecule has 1 amide bonds. The zero-order chi connectivity index (χ0) is 21.7. The summed E-state index contributed by atoms with van der Waals surface area (Å²) in [5.74, 6) is -2.14. The Balaban J connectivity index is 1.76. The van der Waals surface area contributed by atoms with Gasteiger partial charge in [-0.2, -0.15) is 0 Å². The molecule has 0 spiro atoms. The molecule has 1 fully saturated rings. The van der Waals surface area contributed by atoms with Crippen LogP contribution in [0, 0.1) is 11.6 Å². The lowest BCUT2D eigenvalue weighted by atomic mass is 10.1. The summed E-state index contributed by atoms with van der Waals surface area (Å²) < 4.78 is 27.3. The average Bonchev–Trinajstić information content (AvgIpc) is 3.21. The minimum absolute atomic E-state index is 0.00798. The first-order valence-electron chi connectivity index (χ1n) is 9.40. The predicted molar refractivity (Wildman–Crippen MR) is 116 cm³/mol. The fourth-order valence-corrected chi connectivity index (χ4v) is 3.61. The second kappa shape index (κ2) is 10.3. The maximum atomic E-state index is 13.8. The largest absolute Gasteiger partial charge is 0.369 e. The van der Waals surface area contributed by atoms with E-state index in [0.717, 1.165) is 37.1 Å². The Morgan fingerprint density at radius 1 is 1.33 bits per heavy atom. The molecule has 1 saturated heterocycles. The van der Waals surface area contributed by atoms with Crippen LogP contribution >= 0.6 is 27.5 Å². The van der Waals surface area contributed by atoms with E-state index in [9.17, 15) is 18.7 Å². The summed E-state index contributed by atoms with van der Waals surface area (Å²) >= 11 is 8.77. The summed E-state index contributed by atoms with van der Waals surface area (Å²) in [5, 5.41) is 19.8. The van der Waals surface area contributed by atoms with Gasteiger partial charge in [0.05, 0.1) is 10.0 Å². The summed E-state index contributed by atoms with van der Waals surface area (Å²) in [5.41, 5.74) is 0.863. The van der Waals surface area contributed by atoms with Crippen LogP contribution in [0.15, 0.2) is 52.5 Å². The van der Waals surface area contributed by atoms with E-state index in [1.165, 1.54) is 0 Å².